The SMILES string of the molecule is CCCCC(CCC)Nc1ccc([N+](=O)[O-])cc1I. The minimum Gasteiger partial charge on any atom is -0.381 e. The summed E-state index contributed by atoms with van der Waals surface area (Å²) in [6, 6.07) is 5.45. The average Bonchev–Trinajstić information content (AvgIpc) is 2.38. The van der Waals surface area contributed by atoms with Gasteiger partial charge in [0.15, 0.2) is 0 Å². The largest absolute Gasteiger partial charge is 0.381 e. The van der Waals surface area contributed by atoms with Crippen LogP contribution in [0, 0.1) is 13.7 Å². The molecule has 0 amide bonds. The first-order valence-corrected chi connectivity index (χ1v) is 7.86. The van der Waals surface area contributed by atoms with E-state index in [1.165, 1.54) is 12.8 Å². The van der Waals surface area contributed by atoms with E-state index in [2.05, 4.69) is 41.8 Å². The van der Waals surface area contributed by atoms with Crippen LogP contribution >= 0.6 is 22.6 Å². The first-order valence-electron chi connectivity index (χ1n) is 6.79. The summed E-state index contributed by atoms with van der Waals surface area (Å²) in [7, 11) is 0. The molecule has 1 aromatic carbocycles. The van der Waals surface area contributed by atoms with Gasteiger partial charge in [0.05, 0.1) is 4.92 Å². The van der Waals surface area contributed by atoms with Crippen molar-refractivity contribution < 1.29 is 4.92 Å². The van der Waals surface area contributed by atoms with Crippen LogP contribution in [0.2, 0.25) is 0 Å². The van der Waals surface area contributed by atoms with Crippen LogP contribution in [0.4, 0.5) is 11.4 Å². The Bertz CT molecular complexity index is 424. The number of rotatable bonds is 8. The molecule has 0 aliphatic heterocycles. The highest BCUT2D eigenvalue weighted by Gasteiger charge is 2.12. The minimum atomic E-state index is -0.355. The molecule has 0 saturated heterocycles. The Labute approximate surface area is 128 Å². The van der Waals surface area contributed by atoms with Crippen LogP contribution in [0.1, 0.15) is 46.0 Å². The van der Waals surface area contributed by atoms with Gasteiger partial charge in [-0.2, -0.15) is 0 Å². The van der Waals surface area contributed by atoms with E-state index in [9.17, 15) is 10.1 Å². The van der Waals surface area contributed by atoms with E-state index >= 15 is 0 Å². The molecule has 4 nitrogen and oxygen atoms in total. The molecule has 106 valence electrons. The third-order valence-corrected chi connectivity index (χ3v) is 3.96. The van der Waals surface area contributed by atoms with Crippen molar-refractivity contribution in [3.63, 3.8) is 0 Å². The van der Waals surface area contributed by atoms with Gasteiger partial charge in [-0.05, 0) is 41.5 Å². The molecule has 1 unspecified atom stereocenters. The molecule has 0 radical (unpaired) electrons. The highest BCUT2D eigenvalue weighted by molar-refractivity contribution is 14.1. The summed E-state index contributed by atoms with van der Waals surface area (Å²) in [5.41, 5.74) is 1.15. The van der Waals surface area contributed by atoms with E-state index in [1.54, 1.807) is 12.1 Å². The zero-order valence-electron chi connectivity index (χ0n) is 11.5. The molecular formula is C14H21IN2O2. The maximum absolute atomic E-state index is 10.7. The van der Waals surface area contributed by atoms with E-state index in [4.69, 9.17) is 0 Å². The Hall–Kier alpha value is -0.850. The predicted octanol–water partition coefficient (Wildman–Crippen LogP) is 4.97. The molecule has 1 N–H and O–H groups in total. The van der Waals surface area contributed by atoms with Crippen molar-refractivity contribution in [3.8, 4) is 0 Å². The number of hydrogen-bond donors (Lipinski definition) is 1. The number of hydrogen-bond acceptors (Lipinski definition) is 3. The van der Waals surface area contributed by atoms with Gasteiger partial charge in [-0.15, -0.1) is 0 Å². The highest BCUT2D eigenvalue weighted by atomic mass is 127. The van der Waals surface area contributed by atoms with Crippen LogP contribution in [0.15, 0.2) is 18.2 Å². The maximum Gasteiger partial charge on any atom is 0.270 e. The first kappa shape index (κ1) is 16.2. The van der Waals surface area contributed by atoms with E-state index in [-0.39, 0.29) is 10.6 Å². The van der Waals surface area contributed by atoms with Crippen LogP contribution < -0.4 is 5.32 Å². The lowest BCUT2D eigenvalue weighted by Gasteiger charge is -2.20. The van der Waals surface area contributed by atoms with Gasteiger partial charge >= 0.3 is 0 Å². The van der Waals surface area contributed by atoms with Crippen LogP contribution in [-0.2, 0) is 0 Å². The quantitative estimate of drug-likeness (QED) is 0.396. The Balaban J connectivity index is 2.75. The summed E-state index contributed by atoms with van der Waals surface area (Å²) in [4.78, 5) is 10.4. The van der Waals surface area contributed by atoms with Crippen LogP contribution in [0.5, 0.6) is 0 Å². The Morgan fingerprint density at radius 3 is 2.58 bits per heavy atom. The fourth-order valence-electron chi connectivity index (χ4n) is 2.04. The van der Waals surface area contributed by atoms with Crippen molar-refractivity contribution in [1.29, 1.82) is 0 Å². The fraction of sp³-hybridized carbons (Fsp3) is 0.571. The summed E-state index contributed by atoms with van der Waals surface area (Å²) < 4.78 is 0.907. The van der Waals surface area contributed by atoms with Gasteiger partial charge in [-0.1, -0.05) is 33.1 Å². The van der Waals surface area contributed by atoms with Crippen molar-refractivity contribution in [1.82, 2.24) is 0 Å². The number of nitro groups is 1. The van der Waals surface area contributed by atoms with Crippen molar-refractivity contribution >= 4 is 34.0 Å². The zero-order valence-corrected chi connectivity index (χ0v) is 13.6. The minimum absolute atomic E-state index is 0.149. The normalized spacial score (nSPS) is 12.2. The molecule has 0 spiro atoms. The molecule has 0 aliphatic carbocycles. The molecule has 19 heavy (non-hydrogen) atoms. The van der Waals surface area contributed by atoms with Gasteiger partial charge in [0, 0.05) is 27.4 Å². The average molecular weight is 376 g/mol. The van der Waals surface area contributed by atoms with Crippen LogP contribution in [0.25, 0.3) is 0 Å². The maximum atomic E-state index is 10.7. The standard InChI is InChI=1S/C14H21IN2O2/c1-3-5-7-11(6-4-2)16-14-9-8-12(17(18)19)10-13(14)15/h8-11,16H,3-7H2,1-2H3. The molecule has 0 saturated carbocycles. The molecule has 0 aliphatic rings. The molecule has 0 fully saturated rings. The summed E-state index contributed by atoms with van der Waals surface area (Å²) in [5, 5.41) is 14.2. The van der Waals surface area contributed by atoms with Crippen LogP contribution in [0.3, 0.4) is 0 Å². The second-order valence-electron chi connectivity index (χ2n) is 4.69. The van der Waals surface area contributed by atoms with Crippen molar-refractivity contribution in [2.45, 2.75) is 52.0 Å². The number of nitro benzene ring substituents is 1. The number of benzene rings is 1. The van der Waals surface area contributed by atoms with Crippen molar-refractivity contribution in [2.75, 3.05) is 5.32 Å². The monoisotopic (exact) mass is 376 g/mol. The molecule has 1 rings (SSSR count). The lowest BCUT2D eigenvalue weighted by atomic mass is 10.0. The molecular weight excluding hydrogens is 355 g/mol. The number of halogens is 1. The lowest BCUT2D eigenvalue weighted by molar-refractivity contribution is -0.384. The number of nitrogens with zero attached hydrogens (tertiary/aromatic N) is 1. The van der Waals surface area contributed by atoms with E-state index in [0.717, 1.165) is 28.5 Å². The van der Waals surface area contributed by atoms with E-state index in [1.807, 2.05) is 6.07 Å². The fourth-order valence-corrected chi connectivity index (χ4v) is 2.70. The Morgan fingerprint density at radius 2 is 2.05 bits per heavy atom. The van der Waals surface area contributed by atoms with Crippen molar-refractivity contribution in [3.05, 3.63) is 31.9 Å². The topological polar surface area (TPSA) is 55.2 Å². The molecule has 1 atom stereocenters. The van der Waals surface area contributed by atoms with Gasteiger partial charge in [0.1, 0.15) is 0 Å². The second kappa shape index (κ2) is 8.35. The third kappa shape index (κ3) is 5.34. The van der Waals surface area contributed by atoms with Gasteiger partial charge in [-0.3, -0.25) is 10.1 Å². The molecule has 0 bridgehead atoms. The van der Waals surface area contributed by atoms with Gasteiger partial charge in [0.25, 0.3) is 5.69 Å². The van der Waals surface area contributed by atoms with Crippen LogP contribution in [-0.4, -0.2) is 11.0 Å². The van der Waals surface area contributed by atoms with Gasteiger partial charge < -0.3 is 5.32 Å². The number of unbranched alkanes of at least 4 members (excludes halogenated alkanes) is 1. The number of non-ortho nitro benzene ring substituents is 1. The molecule has 1 aromatic rings. The van der Waals surface area contributed by atoms with E-state index < -0.39 is 0 Å². The summed E-state index contributed by atoms with van der Waals surface area (Å²) >= 11 is 2.15. The predicted molar refractivity (Wildman–Crippen MR) is 87.7 cm³/mol. The lowest BCUT2D eigenvalue weighted by Crippen LogP contribution is -2.19. The van der Waals surface area contributed by atoms with Gasteiger partial charge in [0.2, 0.25) is 0 Å². The molecule has 0 aromatic heterocycles. The van der Waals surface area contributed by atoms with Crippen molar-refractivity contribution in [2.24, 2.45) is 0 Å². The third-order valence-electron chi connectivity index (χ3n) is 3.07. The first-order chi connectivity index (χ1) is 9.08. The number of anilines is 1. The summed E-state index contributed by atoms with van der Waals surface area (Å²) in [5.74, 6) is 0. The Morgan fingerprint density at radius 1 is 1.32 bits per heavy atom. The zero-order chi connectivity index (χ0) is 14.3. The summed E-state index contributed by atoms with van der Waals surface area (Å²) in [6.07, 6.45) is 5.83. The molecule has 0 heterocycles. The number of nitrogens with one attached hydrogen (secondary N) is 1. The molecule has 5 heteroatoms. The highest BCUT2D eigenvalue weighted by Crippen LogP contribution is 2.25. The smallest absolute Gasteiger partial charge is 0.270 e. The Kier molecular flexibility index (Phi) is 7.12. The summed E-state index contributed by atoms with van der Waals surface area (Å²) in [6.45, 7) is 4.38. The second-order valence-corrected chi connectivity index (χ2v) is 5.86. The van der Waals surface area contributed by atoms with E-state index in [0.29, 0.717) is 6.04 Å². The van der Waals surface area contributed by atoms with Gasteiger partial charge in [-0.25, -0.2) is 0 Å².